The van der Waals surface area contributed by atoms with Crippen molar-refractivity contribution in [3.05, 3.63) is 60.8 Å². The van der Waals surface area contributed by atoms with Gasteiger partial charge in [0.15, 0.2) is 18.4 Å². The number of ether oxygens (including phenoxy) is 6. The van der Waals surface area contributed by atoms with Gasteiger partial charge in [-0.25, -0.2) is 5.84 Å². The monoisotopic (exact) mass is 927 g/mol. The van der Waals surface area contributed by atoms with E-state index in [2.05, 4.69) is 0 Å². The fourth-order valence-electron chi connectivity index (χ4n) is 8.53. The molecule has 3 fully saturated rings. The Labute approximate surface area is 380 Å². The van der Waals surface area contributed by atoms with E-state index in [1.54, 1.807) is 69.4 Å². The lowest BCUT2D eigenvalue weighted by Crippen LogP contribution is -2.62. The molecule has 370 valence electrons. The van der Waals surface area contributed by atoms with Gasteiger partial charge in [-0.1, -0.05) is 74.6 Å². The Hall–Kier alpha value is -3.00. The number of esters is 1. The minimum Gasteiger partial charge on any atom is -0.462 e. The summed E-state index contributed by atoms with van der Waals surface area (Å²) in [5.41, 5.74) is 8.06. The average molecular weight is 928 g/mol. The lowest BCUT2D eigenvalue weighted by atomic mass is 9.82. The summed E-state index contributed by atoms with van der Waals surface area (Å²) in [7, 11) is 0. The number of hydrazine groups is 1. The van der Waals surface area contributed by atoms with Gasteiger partial charge in [-0.05, 0) is 33.6 Å². The third-order valence-corrected chi connectivity index (χ3v) is 12.6. The van der Waals surface area contributed by atoms with Gasteiger partial charge in [-0.3, -0.25) is 15.0 Å². The van der Waals surface area contributed by atoms with E-state index < -0.39 is 153 Å². The van der Waals surface area contributed by atoms with Crippen molar-refractivity contribution in [2.24, 2.45) is 29.3 Å². The largest absolute Gasteiger partial charge is 0.462 e. The first-order valence-electron chi connectivity index (χ1n) is 22.4. The lowest BCUT2D eigenvalue weighted by Gasteiger charge is -2.45. The highest BCUT2D eigenvalue weighted by molar-refractivity contribution is 5.79. The smallest absolute Gasteiger partial charge is 0.308 e. The maximum atomic E-state index is 13.1. The number of hydrogen-bond acceptors (Lipinski definition) is 19. The predicted octanol–water partition coefficient (Wildman–Crippen LogP) is -1.12. The Balaban J connectivity index is 1.63. The molecule has 2 bridgehead atoms. The van der Waals surface area contributed by atoms with Gasteiger partial charge >= 0.3 is 5.97 Å². The van der Waals surface area contributed by atoms with Crippen molar-refractivity contribution in [2.75, 3.05) is 0 Å². The summed E-state index contributed by atoms with van der Waals surface area (Å²) < 4.78 is 35.9. The lowest BCUT2D eigenvalue weighted by molar-refractivity contribution is -0.307. The molecule has 21 atom stereocenters. The summed E-state index contributed by atoms with van der Waals surface area (Å²) >= 11 is 0. The van der Waals surface area contributed by atoms with E-state index in [-0.39, 0.29) is 31.6 Å². The number of carbonyl (C=O) groups is 2. The minimum atomic E-state index is -2.22. The summed E-state index contributed by atoms with van der Waals surface area (Å²) in [6.45, 7) is 8.56. The van der Waals surface area contributed by atoms with Crippen LogP contribution in [0, 0.1) is 17.8 Å². The Bertz CT molecular complexity index is 1640. The number of amides is 1. The number of rotatable bonds is 5. The van der Waals surface area contributed by atoms with E-state index in [1.807, 2.05) is 31.4 Å². The summed E-state index contributed by atoms with van der Waals surface area (Å²) in [6.07, 6.45) is -3.21. The molecule has 8 unspecified atom stereocenters. The zero-order valence-corrected chi connectivity index (χ0v) is 37.7. The molecule has 0 aliphatic carbocycles. The molecule has 20 heteroatoms. The molecule has 3 saturated heterocycles. The Kier molecular flexibility index (Phi) is 21.3. The van der Waals surface area contributed by atoms with Crippen LogP contribution in [0.15, 0.2) is 60.8 Å². The van der Waals surface area contributed by atoms with Gasteiger partial charge < -0.3 is 80.1 Å². The van der Waals surface area contributed by atoms with Gasteiger partial charge in [0.25, 0.3) is 0 Å². The van der Waals surface area contributed by atoms with Gasteiger partial charge in [0.1, 0.15) is 18.3 Å². The number of hydrogen-bond donors (Lipinski definition) is 12. The third-order valence-electron chi connectivity index (χ3n) is 12.6. The maximum absolute atomic E-state index is 13.1. The number of allylic oxidation sites excluding steroid dienone is 8. The third kappa shape index (κ3) is 15.8. The first kappa shape index (κ1) is 54.6. The first-order chi connectivity index (χ1) is 30.6. The molecule has 4 rings (SSSR count). The Morgan fingerprint density at radius 1 is 0.723 bits per heavy atom. The van der Waals surface area contributed by atoms with Crippen LogP contribution in [-0.2, 0) is 38.0 Å². The van der Waals surface area contributed by atoms with Gasteiger partial charge in [0.2, 0.25) is 5.91 Å². The standard InChI is InChI=1S/C45H73N3O17/c1-23-14-12-10-8-6-7-9-11-13-15-29(63-44-41(57)38(46)40(56)27(5)62-44)18-34-37(43(58)48-47)33(53)22-45(59,65-34)21-28(49)16-17-30(50)31(51)19-35(54)60-25(3)24(2)42(23)64-36-20-32(52)39(55)26(4)61-36/h6-15,23-34,36-42,44,49-53,55-57,59H,16-22,46-47H2,1-5H3,(H,48,58)/b7-6+,10-8+,11-9+,14-12+,15-13+/t23?,24?,25?,26-,27+,28-,29-,30?,31-,32+,33?,34?,36?,37+,38-,39-,40+,41-,42+,44-,45?/m0/s1. The summed E-state index contributed by atoms with van der Waals surface area (Å²) in [5, 5.41) is 97.4. The van der Waals surface area contributed by atoms with E-state index in [0.29, 0.717) is 0 Å². The van der Waals surface area contributed by atoms with Gasteiger partial charge in [-0.2, -0.15) is 0 Å². The molecular formula is C45H73N3O17. The summed E-state index contributed by atoms with van der Waals surface area (Å²) in [4.78, 5) is 26.1. The van der Waals surface area contributed by atoms with Gasteiger partial charge in [0.05, 0.1) is 85.5 Å². The summed E-state index contributed by atoms with van der Waals surface area (Å²) in [5.74, 6) is -0.451. The predicted molar refractivity (Wildman–Crippen MR) is 232 cm³/mol. The summed E-state index contributed by atoms with van der Waals surface area (Å²) in [6, 6.07) is -1.13. The van der Waals surface area contributed by atoms with Crippen LogP contribution in [-0.4, -0.2) is 168 Å². The second-order valence-corrected chi connectivity index (χ2v) is 17.9. The number of aliphatic hydroxyl groups is 9. The van der Waals surface area contributed by atoms with Crippen LogP contribution in [0.1, 0.15) is 79.6 Å². The van der Waals surface area contributed by atoms with E-state index in [0.717, 1.165) is 0 Å². The SMILES string of the molecule is CC1OC(=O)C[C@H](O)C(O)CC[C@H](O)CC2(O)CC(O)[C@@H](C(=O)NN)C(C[C@@H](O[C@@H]3O[C@H](C)[C@@H](O)[C@H](N)[C@@H]3O)/C=C/C=C/C=C/C=C/C=C/C(C)[C@@H](OC3C[C@@H](O)[C@@H](O)[C@H](C)O3)C1C)O2. The molecule has 0 aromatic heterocycles. The molecule has 0 aromatic carbocycles. The number of fused-ring (bicyclic) bond motifs is 2. The zero-order chi connectivity index (χ0) is 48.2. The molecule has 4 aliphatic rings. The fourth-order valence-corrected chi connectivity index (χ4v) is 8.53. The second kappa shape index (κ2) is 25.4. The number of carbonyl (C=O) groups excluding carboxylic acids is 2. The molecule has 0 saturated carbocycles. The quantitative estimate of drug-likeness (QED) is 0.0673. The van der Waals surface area contributed by atoms with Crippen molar-refractivity contribution >= 4 is 11.9 Å². The van der Waals surface area contributed by atoms with E-state index in [1.165, 1.54) is 0 Å². The molecule has 65 heavy (non-hydrogen) atoms. The van der Waals surface area contributed by atoms with Crippen molar-refractivity contribution in [1.82, 2.24) is 5.43 Å². The van der Waals surface area contributed by atoms with Crippen molar-refractivity contribution in [1.29, 1.82) is 0 Å². The molecule has 0 radical (unpaired) electrons. The number of cyclic esters (lactones) is 1. The van der Waals surface area contributed by atoms with Crippen molar-refractivity contribution in [2.45, 2.75) is 189 Å². The van der Waals surface area contributed by atoms with Crippen LogP contribution in [0.25, 0.3) is 0 Å². The van der Waals surface area contributed by atoms with Crippen LogP contribution in [0.2, 0.25) is 0 Å². The molecule has 4 heterocycles. The average Bonchev–Trinajstić information content (AvgIpc) is 3.24. The van der Waals surface area contributed by atoms with E-state index in [9.17, 15) is 55.5 Å². The van der Waals surface area contributed by atoms with Crippen LogP contribution in [0.4, 0.5) is 0 Å². The molecule has 0 spiro atoms. The minimum absolute atomic E-state index is 0.0129. The topological polar surface area (TPSA) is 336 Å². The highest BCUT2D eigenvalue weighted by atomic mass is 16.7. The molecular weight excluding hydrogens is 854 g/mol. The van der Waals surface area contributed by atoms with Gasteiger partial charge in [-0.15, -0.1) is 0 Å². The first-order valence-corrected chi connectivity index (χ1v) is 22.4. The van der Waals surface area contributed by atoms with Crippen molar-refractivity contribution in [3.63, 3.8) is 0 Å². The fraction of sp³-hybridized carbons (Fsp3) is 0.733. The van der Waals surface area contributed by atoms with Crippen LogP contribution < -0.4 is 17.0 Å². The van der Waals surface area contributed by atoms with Crippen LogP contribution in [0.5, 0.6) is 0 Å². The highest BCUT2D eigenvalue weighted by Gasteiger charge is 2.51. The molecule has 20 nitrogen and oxygen atoms in total. The zero-order valence-electron chi connectivity index (χ0n) is 37.7. The van der Waals surface area contributed by atoms with Crippen LogP contribution in [0.3, 0.4) is 0 Å². The maximum Gasteiger partial charge on any atom is 0.308 e. The highest BCUT2D eigenvalue weighted by Crippen LogP contribution is 2.38. The molecule has 14 N–H and O–H groups in total. The van der Waals surface area contributed by atoms with Crippen molar-refractivity contribution < 1.29 is 84.0 Å². The van der Waals surface area contributed by atoms with E-state index >= 15 is 0 Å². The number of nitrogens with two attached hydrogens (primary N) is 2. The molecule has 1 amide bonds. The van der Waals surface area contributed by atoms with E-state index in [4.69, 9.17) is 40.0 Å². The Morgan fingerprint density at radius 3 is 1.97 bits per heavy atom. The molecule has 0 aromatic rings. The number of aliphatic hydroxyl groups excluding tert-OH is 8. The normalized spacial score (nSPS) is 47.2. The number of nitrogens with one attached hydrogen (secondary N) is 1. The Morgan fingerprint density at radius 2 is 1.34 bits per heavy atom. The molecule has 4 aliphatic heterocycles. The van der Waals surface area contributed by atoms with Crippen molar-refractivity contribution in [3.8, 4) is 0 Å². The van der Waals surface area contributed by atoms with Gasteiger partial charge in [0, 0.05) is 37.5 Å². The second-order valence-electron chi connectivity index (χ2n) is 17.9. The van der Waals surface area contributed by atoms with Crippen LogP contribution >= 0.6 is 0 Å².